The maximum absolute atomic E-state index is 12.2. The monoisotopic (exact) mass is 395 g/mol. The summed E-state index contributed by atoms with van der Waals surface area (Å²) in [6.45, 7) is 7.45. The van der Waals surface area contributed by atoms with Gasteiger partial charge in [-0.15, -0.1) is 0 Å². The molecular formula is C21H25N5O3. The van der Waals surface area contributed by atoms with Gasteiger partial charge in [-0.1, -0.05) is 25.1 Å². The van der Waals surface area contributed by atoms with Crippen molar-refractivity contribution in [2.45, 2.75) is 47.0 Å². The third-order valence-corrected chi connectivity index (χ3v) is 4.94. The van der Waals surface area contributed by atoms with Gasteiger partial charge in [0.25, 0.3) is 11.7 Å². The zero-order valence-electron chi connectivity index (χ0n) is 17.2. The van der Waals surface area contributed by atoms with Gasteiger partial charge in [0.05, 0.1) is 0 Å². The highest BCUT2D eigenvalue weighted by Gasteiger charge is 2.15. The maximum Gasteiger partial charge on any atom is 0.306 e. The summed E-state index contributed by atoms with van der Waals surface area (Å²) in [5, 5.41) is 6.99. The first-order chi connectivity index (χ1) is 13.9. The highest BCUT2D eigenvalue weighted by Crippen LogP contribution is 2.21. The molecular weight excluding hydrogens is 370 g/mol. The Balaban J connectivity index is 1.55. The molecule has 8 nitrogen and oxygen atoms in total. The largest absolute Gasteiger partial charge is 0.456 e. The summed E-state index contributed by atoms with van der Waals surface area (Å²) < 4.78 is 6.80. The molecule has 0 atom stereocenters. The molecule has 0 aliphatic carbocycles. The molecule has 152 valence electrons. The Hall–Kier alpha value is -3.29. The zero-order valence-corrected chi connectivity index (χ0v) is 17.2. The minimum Gasteiger partial charge on any atom is -0.456 e. The first kappa shape index (κ1) is 20.4. The van der Waals surface area contributed by atoms with Crippen LogP contribution in [0.2, 0.25) is 0 Å². The van der Waals surface area contributed by atoms with Crippen molar-refractivity contribution in [3.63, 3.8) is 0 Å². The summed E-state index contributed by atoms with van der Waals surface area (Å²) >= 11 is 0. The van der Waals surface area contributed by atoms with Crippen molar-refractivity contribution < 1.29 is 14.3 Å². The number of esters is 1. The van der Waals surface area contributed by atoms with Crippen LogP contribution >= 0.6 is 0 Å². The Bertz CT molecular complexity index is 1060. The topological polar surface area (TPSA) is 98.5 Å². The molecule has 0 aliphatic heterocycles. The summed E-state index contributed by atoms with van der Waals surface area (Å²) in [6, 6.07) is 5.87. The van der Waals surface area contributed by atoms with Crippen molar-refractivity contribution in [1.29, 1.82) is 0 Å². The molecule has 8 heteroatoms. The van der Waals surface area contributed by atoms with Crippen molar-refractivity contribution >= 4 is 23.3 Å². The second kappa shape index (κ2) is 8.81. The molecule has 0 radical (unpaired) electrons. The Morgan fingerprint density at radius 3 is 2.76 bits per heavy atom. The summed E-state index contributed by atoms with van der Waals surface area (Å²) in [4.78, 5) is 32.8. The molecule has 0 saturated carbocycles. The lowest BCUT2D eigenvalue weighted by atomic mass is 10.1. The smallest absolute Gasteiger partial charge is 0.306 e. The molecule has 0 spiro atoms. The van der Waals surface area contributed by atoms with Gasteiger partial charge in [-0.3, -0.25) is 9.59 Å². The number of benzene rings is 1. The van der Waals surface area contributed by atoms with Crippen LogP contribution in [0.3, 0.4) is 0 Å². The van der Waals surface area contributed by atoms with Crippen LogP contribution in [0.4, 0.5) is 5.69 Å². The minimum atomic E-state index is -0.432. The molecule has 3 rings (SSSR count). The van der Waals surface area contributed by atoms with Crippen LogP contribution in [0.15, 0.2) is 24.5 Å². The lowest BCUT2D eigenvalue weighted by Crippen LogP contribution is -2.22. The SMILES string of the molecule is CCc1cccc(C)c1NC(=O)COC(=O)CCc1c(C)nc2ncnn2c1C. The molecule has 0 fully saturated rings. The summed E-state index contributed by atoms with van der Waals surface area (Å²) in [7, 11) is 0. The number of fused-ring (bicyclic) bond motifs is 1. The third kappa shape index (κ3) is 4.59. The lowest BCUT2D eigenvalue weighted by molar-refractivity contribution is -0.147. The predicted octanol–water partition coefficient (Wildman–Crippen LogP) is 2.73. The van der Waals surface area contributed by atoms with Gasteiger partial charge in [-0.05, 0) is 50.3 Å². The predicted molar refractivity (Wildman–Crippen MR) is 109 cm³/mol. The number of amides is 1. The van der Waals surface area contributed by atoms with Crippen LogP contribution < -0.4 is 5.32 Å². The molecule has 1 aromatic carbocycles. The standard InChI is InChI=1S/C21H25N5O3/c1-5-16-8-6-7-13(2)20(16)25-18(27)11-29-19(28)10-9-17-14(3)24-21-22-12-23-26(21)15(17)4/h6-8,12H,5,9-11H2,1-4H3,(H,25,27). The van der Waals surface area contributed by atoms with Crippen molar-refractivity contribution in [3.8, 4) is 0 Å². The van der Waals surface area contributed by atoms with Crippen molar-refractivity contribution in [3.05, 3.63) is 52.6 Å². The van der Waals surface area contributed by atoms with E-state index in [0.29, 0.717) is 12.2 Å². The van der Waals surface area contributed by atoms with Gasteiger partial charge >= 0.3 is 5.97 Å². The fourth-order valence-corrected chi connectivity index (χ4v) is 3.34. The van der Waals surface area contributed by atoms with Gasteiger partial charge < -0.3 is 10.1 Å². The maximum atomic E-state index is 12.2. The number of para-hydroxylation sites is 1. The number of hydrogen-bond donors (Lipinski definition) is 1. The fraction of sp³-hybridized carbons (Fsp3) is 0.381. The van der Waals surface area contributed by atoms with Gasteiger partial charge in [0.15, 0.2) is 6.61 Å². The number of carbonyl (C=O) groups is 2. The molecule has 1 N–H and O–H groups in total. The number of anilines is 1. The van der Waals surface area contributed by atoms with E-state index in [4.69, 9.17) is 4.74 Å². The van der Waals surface area contributed by atoms with Crippen LogP contribution in [0.5, 0.6) is 0 Å². The fourth-order valence-electron chi connectivity index (χ4n) is 3.34. The Kier molecular flexibility index (Phi) is 6.21. The number of nitrogens with one attached hydrogen (secondary N) is 1. The quantitative estimate of drug-likeness (QED) is 0.618. The second-order valence-electron chi connectivity index (χ2n) is 6.90. The Morgan fingerprint density at radius 1 is 1.21 bits per heavy atom. The van der Waals surface area contributed by atoms with Crippen molar-refractivity contribution in [2.24, 2.45) is 0 Å². The van der Waals surface area contributed by atoms with Gasteiger partial charge in [-0.2, -0.15) is 10.1 Å². The Morgan fingerprint density at radius 2 is 2.00 bits per heavy atom. The Labute approximate surface area is 169 Å². The summed E-state index contributed by atoms with van der Waals surface area (Å²) in [5.41, 5.74) is 5.44. The molecule has 0 bridgehead atoms. The number of carbonyl (C=O) groups excluding carboxylic acids is 2. The highest BCUT2D eigenvalue weighted by molar-refractivity contribution is 5.94. The number of nitrogens with zero attached hydrogens (tertiary/aromatic N) is 4. The zero-order chi connectivity index (χ0) is 21.0. The molecule has 0 aliphatic rings. The molecule has 0 saturated heterocycles. The van der Waals surface area contributed by atoms with Crippen LogP contribution in [0.25, 0.3) is 5.78 Å². The van der Waals surface area contributed by atoms with Crippen molar-refractivity contribution in [1.82, 2.24) is 19.6 Å². The van der Waals surface area contributed by atoms with E-state index >= 15 is 0 Å². The van der Waals surface area contributed by atoms with Crippen LogP contribution in [-0.2, 0) is 27.2 Å². The molecule has 2 heterocycles. The molecule has 29 heavy (non-hydrogen) atoms. The minimum absolute atomic E-state index is 0.154. The number of aromatic nitrogens is 4. The normalized spacial score (nSPS) is 10.9. The summed E-state index contributed by atoms with van der Waals surface area (Å²) in [6.07, 6.45) is 2.86. The van der Waals surface area contributed by atoms with Gasteiger partial charge in [0.1, 0.15) is 6.33 Å². The lowest BCUT2D eigenvalue weighted by Gasteiger charge is -2.13. The van der Waals surface area contributed by atoms with Crippen LogP contribution in [0.1, 0.15) is 41.4 Å². The van der Waals surface area contributed by atoms with E-state index in [9.17, 15) is 9.59 Å². The molecule has 0 unspecified atom stereocenters. The van der Waals surface area contributed by atoms with E-state index in [1.807, 2.05) is 45.9 Å². The van der Waals surface area contributed by atoms with Gasteiger partial charge in [0.2, 0.25) is 0 Å². The van der Waals surface area contributed by atoms with Crippen LogP contribution in [-0.4, -0.2) is 38.1 Å². The summed E-state index contributed by atoms with van der Waals surface area (Å²) in [5.74, 6) is -0.246. The molecule has 1 amide bonds. The third-order valence-electron chi connectivity index (χ3n) is 4.94. The number of rotatable bonds is 7. The molecule has 2 aromatic heterocycles. The van der Waals surface area contributed by atoms with E-state index < -0.39 is 5.97 Å². The van der Waals surface area contributed by atoms with E-state index in [1.165, 1.54) is 6.33 Å². The average molecular weight is 395 g/mol. The molecule has 3 aromatic rings. The first-order valence-corrected chi connectivity index (χ1v) is 9.60. The second-order valence-corrected chi connectivity index (χ2v) is 6.90. The van der Waals surface area contributed by atoms with E-state index in [2.05, 4.69) is 20.4 Å². The van der Waals surface area contributed by atoms with Crippen molar-refractivity contribution in [2.75, 3.05) is 11.9 Å². The number of ether oxygens (including phenoxy) is 1. The number of aryl methyl sites for hydroxylation is 4. The van der Waals surface area contributed by atoms with Crippen LogP contribution in [0, 0.1) is 20.8 Å². The van der Waals surface area contributed by atoms with Gasteiger partial charge in [0, 0.05) is 23.5 Å². The first-order valence-electron chi connectivity index (χ1n) is 9.60. The highest BCUT2D eigenvalue weighted by atomic mass is 16.5. The number of hydrogen-bond acceptors (Lipinski definition) is 6. The van der Waals surface area contributed by atoms with E-state index in [1.54, 1.807) is 4.52 Å². The van der Waals surface area contributed by atoms with E-state index in [-0.39, 0.29) is 18.9 Å². The van der Waals surface area contributed by atoms with E-state index in [0.717, 1.165) is 40.2 Å². The van der Waals surface area contributed by atoms with Gasteiger partial charge in [-0.25, -0.2) is 9.50 Å². The average Bonchev–Trinajstić information content (AvgIpc) is 3.16.